The van der Waals surface area contributed by atoms with E-state index in [0.717, 1.165) is 46.0 Å². The molecule has 3 aromatic rings. The molecular formula is C19H18N2O2S. The van der Waals surface area contributed by atoms with Crippen molar-refractivity contribution in [2.24, 2.45) is 0 Å². The van der Waals surface area contributed by atoms with Gasteiger partial charge in [0.15, 0.2) is 11.5 Å². The third kappa shape index (κ3) is 2.77. The first-order valence-corrected chi connectivity index (χ1v) is 8.74. The Balaban J connectivity index is 1.77. The predicted octanol–water partition coefficient (Wildman–Crippen LogP) is 4.05. The first-order chi connectivity index (χ1) is 11.7. The molecule has 1 aromatic heterocycles. The molecule has 4 nitrogen and oxygen atoms in total. The average molecular weight is 338 g/mol. The number of benzene rings is 2. The Bertz CT molecular complexity index is 871. The molecule has 2 heterocycles. The molecule has 1 N–H and O–H groups in total. The molecule has 0 spiro atoms. The zero-order valence-electron chi connectivity index (χ0n) is 13.2. The summed E-state index contributed by atoms with van der Waals surface area (Å²) in [6.07, 6.45) is 1.89. The van der Waals surface area contributed by atoms with Crippen molar-refractivity contribution >= 4 is 21.6 Å². The smallest absolute Gasteiger partial charge is 0.165 e. The van der Waals surface area contributed by atoms with E-state index in [1.807, 2.05) is 24.3 Å². The molecule has 0 unspecified atom stereocenters. The minimum Gasteiger partial charge on any atom is -0.504 e. The van der Waals surface area contributed by atoms with E-state index in [1.165, 1.54) is 0 Å². The fourth-order valence-corrected chi connectivity index (χ4v) is 3.96. The molecule has 5 heteroatoms. The molecule has 0 aliphatic carbocycles. The van der Waals surface area contributed by atoms with Crippen LogP contribution in [0.3, 0.4) is 0 Å². The van der Waals surface area contributed by atoms with Crippen molar-refractivity contribution in [1.82, 2.24) is 9.88 Å². The molecule has 0 amide bonds. The number of hydrogen-bond acceptors (Lipinski definition) is 5. The quantitative estimate of drug-likeness (QED) is 0.732. The molecule has 0 saturated heterocycles. The highest BCUT2D eigenvalue weighted by Gasteiger charge is 2.20. The summed E-state index contributed by atoms with van der Waals surface area (Å²) in [7, 11) is 0. The summed E-state index contributed by atoms with van der Waals surface area (Å²) in [5.41, 5.74) is 2.90. The molecule has 0 radical (unpaired) electrons. The normalized spacial score (nSPS) is 14.8. The molecule has 24 heavy (non-hydrogen) atoms. The van der Waals surface area contributed by atoms with Gasteiger partial charge in [0, 0.05) is 30.8 Å². The summed E-state index contributed by atoms with van der Waals surface area (Å²) in [5, 5.41) is 11.3. The summed E-state index contributed by atoms with van der Waals surface area (Å²) in [5.74, 6) is 0.772. The van der Waals surface area contributed by atoms with Gasteiger partial charge in [-0.1, -0.05) is 18.2 Å². The second-order valence-electron chi connectivity index (χ2n) is 5.84. The lowest BCUT2D eigenvalue weighted by molar-refractivity contribution is 0.238. The fourth-order valence-electron chi connectivity index (χ4n) is 3.01. The van der Waals surface area contributed by atoms with Gasteiger partial charge in [0.05, 0.1) is 10.2 Å². The van der Waals surface area contributed by atoms with Gasteiger partial charge >= 0.3 is 0 Å². The van der Waals surface area contributed by atoms with Crippen LogP contribution >= 0.6 is 11.3 Å². The molecular weight excluding hydrogens is 320 g/mol. The molecule has 1 aliphatic rings. The van der Waals surface area contributed by atoms with Gasteiger partial charge in [0.2, 0.25) is 0 Å². The van der Waals surface area contributed by atoms with Crippen molar-refractivity contribution in [2.75, 3.05) is 19.7 Å². The second-order valence-corrected chi connectivity index (χ2v) is 6.87. The Morgan fingerprint density at radius 1 is 1.33 bits per heavy atom. The molecule has 0 atom stereocenters. The Morgan fingerprint density at radius 2 is 2.21 bits per heavy atom. The number of aromatic hydroxyl groups is 1. The Hall–Kier alpha value is -2.37. The second kappa shape index (κ2) is 6.26. The Labute approximate surface area is 144 Å². The standard InChI is InChI=1S/C19H18N2O2S/c1-2-7-21-8-9-23-18-14(12-21)10-13(11-16(18)22)19-20-15-5-3-4-6-17(15)24-19/h2-6,10-11,22H,1,7-9,12H2. The number of fused-ring (bicyclic) bond motifs is 2. The van der Waals surface area contributed by atoms with Gasteiger partial charge in [-0.25, -0.2) is 4.98 Å². The number of nitrogens with zero attached hydrogens (tertiary/aromatic N) is 2. The predicted molar refractivity (Wildman–Crippen MR) is 97.7 cm³/mol. The highest BCUT2D eigenvalue weighted by molar-refractivity contribution is 7.21. The van der Waals surface area contributed by atoms with Gasteiger partial charge in [-0.15, -0.1) is 17.9 Å². The molecule has 0 fully saturated rings. The van der Waals surface area contributed by atoms with Gasteiger partial charge < -0.3 is 9.84 Å². The topological polar surface area (TPSA) is 45.6 Å². The van der Waals surface area contributed by atoms with Crippen molar-refractivity contribution in [3.8, 4) is 22.1 Å². The van der Waals surface area contributed by atoms with E-state index >= 15 is 0 Å². The molecule has 4 rings (SSSR count). The first-order valence-electron chi connectivity index (χ1n) is 7.92. The minimum absolute atomic E-state index is 0.183. The largest absolute Gasteiger partial charge is 0.504 e. The van der Waals surface area contributed by atoms with Crippen LogP contribution in [0.2, 0.25) is 0 Å². The lowest BCUT2D eigenvalue weighted by atomic mass is 10.1. The van der Waals surface area contributed by atoms with Crippen molar-refractivity contribution < 1.29 is 9.84 Å². The molecule has 1 aliphatic heterocycles. The average Bonchev–Trinajstić information content (AvgIpc) is 2.90. The van der Waals surface area contributed by atoms with Crippen LogP contribution in [0.1, 0.15) is 5.56 Å². The highest BCUT2D eigenvalue weighted by Crippen LogP contribution is 2.39. The van der Waals surface area contributed by atoms with E-state index < -0.39 is 0 Å². The van der Waals surface area contributed by atoms with E-state index in [1.54, 1.807) is 17.4 Å². The van der Waals surface area contributed by atoms with Crippen LogP contribution in [-0.4, -0.2) is 34.7 Å². The van der Waals surface area contributed by atoms with Crippen molar-refractivity contribution in [3.63, 3.8) is 0 Å². The third-order valence-corrected chi connectivity index (χ3v) is 5.21. The lowest BCUT2D eigenvalue weighted by Crippen LogP contribution is -2.25. The SMILES string of the molecule is C=CCN1CCOc2c(O)cc(-c3nc4ccccc4s3)cc2C1. The van der Waals surface area contributed by atoms with Crippen molar-refractivity contribution in [2.45, 2.75) is 6.54 Å². The van der Waals surface area contributed by atoms with E-state index in [2.05, 4.69) is 28.6 Å². The van der Waals surface area contributed by atoms with Crippen LogP contribution in [0.15, 0.2) is 49.1 Å². The minimum atomic E-state index is 0.183. The van der Waals surface area contributed by atoms with Gasteiger partial charge in [-0.3, -0.25) is 4.90 Å². The molecule has 0 saturated carbocycles. The zero-order chi connectivity index (χ0) is 16.5. The van der Waals surface area contributed by atoms with Crippen molar-refractivity contribution in [1.29, 1.82) is 0 Å². The van der Waals surface area contributed by atoms with Crippen LogP contribution in [0.4, 0.5) is 0 Å². The number of phenolic OH excluding ortho intramolecular Hbond substituents is 1. The van der Waals surface area contributed by atoms with Gasteiger partial charge in [-0.2, -0.15) is 0 Å². The van der Waals surface area contributed by atoms with Crippen LogP contribution in [0.25, 0.3) is 20.8 Å². The Kier molecular flexibility index (Phi) is 3.96. The zero-order valence-corrected chi connectivity index (χ0v) is 14.1. The van der Waals surface area contributed by atoms with Gasteiger partial charge in [-0.05, 0) is 24.3 Å². The van der Waals surface area contributed by atoms with Gasteiger partial charge in [0.25, 0.3) is 0 Å². The summed E-state index contributed by atoms with van der Waals surface area (Å²) in [4.78, 5) is 6.94. The maximum absolute atomic E-state index is 10.4. The summed E-state index contributed by atoms with van der Waals surface area (Å²) in [6, 6.07) is 11.9. The molecule has 2 aromatic carbocycles. The number of thiazole rings is 1. The summed E-state index contributed by atoms with van der Waals surface area (Å²) < 4.78 is 6.91. The third-order valence-electron chi connectivity index (χ3n) is 4.12. The number of ether oxygens (including phenoxy) is 1. The van der Waals surface area contributed by atoms with Gasteiger partial charge in [0.1, 0.15) is 11.6 Å². The van der Waals surface area contributed by atoms with E-state index in [0.29, 0.717) is 12.4 Å². The van der Waals surface area contributed by atoms with E-state index in [4.69, 9.17) is 4.74 Å². The number of aromatic nitrogens is 1. The van der Waals surface area contributed by atoms with Crippen LogP contribution in [0.5, 0.6) is 11.5 Å². The van der Waals surface area contributed by atoms with Crippen LogP contribution < -0.4 is 4.74 Å². The number of rotatable bonds is 3. The summed E-state index contributed by atoms with van der Waals surface area (Å²) >= 11 is 1.63. The van der Waals surface area contributed by atoms with Crippen LogP contribution in [0, 0.1) is 0 Å². The number of phenols is 1. The maximum atomic E-state index is 10.4. The van der Waals surface area contributed by atoms with E-state index in [-0.39, 0.29) is 5.75 Å². The molecule has 0 bridgehead atoms. The molecule has 122 valence electrons. The van der Waals surface area contributed by atoms with Crippen LogP contribution in [-0.2, 0) is 6.54 Å². The van der Waals surface area contributed by atoms with E-state index in [9.17, 15) is 5.11 Å². The maximum Gasteiger partial charge on any atom is 0.165 e. The number of hydrogen-bond donors (Lipinski definition) is 1. The highest BCUT2D eigenvalue weighted by atomic mass is 32.1. The van der Waals surface area contributed by atoms with Crippen molar-refractivity contribution in [3.05, 3.63) is 54.6 Å². The first kappa shape index (κ1) is 15.2. The summed E-state index contributed by atoms with van der Waals surface area (Å²) in [6.45, 7) is 6.72. The monoisotopic (exact) mass is 338 g/mol. The fraction of sp³-hybridized carbons (Fsp3) is 0.211. The number of para-hydroxylation sites is 1. The lowest BCUT2D eigenvalue weighted by Gasteiger charge is -2.17. The Morgan fingerprint density at radius 3 is 3.04 bits per heavy atom.